The van der Waals surface area contributed by atoms with Gasteiger partial charge in [0.15, 0.2) is 0 Å². The van der Waals surface area contributed by atoms with Crippen LogP contribution < -0.4 is 24.4 Å². The van der Waals surface area contributed by atoms with Crippen molar-refractivity contribution in [1.29, 1.82) is 0 Å². The van der Waals surface area contributed by atoms with Crippen LogP contribution in [0.15, 0.2) is 118 Å². The Hall–Kier alpha value is -5.53. The molecule has 5 aromatic rings. The average molecular weight is 1380 g/mol. The van der Waals surface area contributed by atoms with Crippen LogP contribution in [0.5, 0.6) is 11.5 Å². The third-order valence-electron chi connectivity index (χ3n) is 22.7. The lowest BCUT2D eigenvalue weighted by Gasteiger charge is -2.46. The van der Waals surface area contributed by atoms with E-state index in [4.69, 9.17) is 47.3 Å². The second-order valence-corrected chi connectivity index (χ2v) is 35.6. The predicted octanol–water partition coefficient (Wildman–Crippen LogP) is 15.0. The molecule has 2 spiro atoms. The van der Waals surface area contributed by atoms with Gasteiger partial charge in [-0.2, -0.15) is 9.46 Å². The number of halogens is 2. The van der Waals surface area contributed by atoms with Crippen LogP contribution in [-0.4, -0.2) is 112 Å². The van der Waals surface area contributed by atoms with Crippen molar-refractivity contribution >= 4 is 66.0 Å². The number of nitrogens with zero attached hydrogens (tertiary/aromatic N) is 6. The number of benzene rings is 4. The van der Waals surface area contributed by atoms with E-state index in [0.717, 1.165) is 155 Å². The first kappa shape index (κ1) is 67.6. The van der Waals surface area contributed by atoms with E-state index in [2.05, 4.69) is 79.1 Å². The first-order valence-electron chi connectivity index (χ1n) is 35.9. The monoisotopic (exact) mass is 1380 g/mol. The minimum absolute atomic E-state index is 0.0230. The Morgan fingerprint density at radius 1 is 0.646 bits per heavy atom. The predicted molar refractivity (Wildman–Crippen MR) is 384 cm³/mol. The molecule has 2 amide bonds. The first-order valence-corrected chi connectivity index (χ1v) is 40.3. The van der Waals surface area contributed by atoms with Gasteiger partial charge in [-0.1, -0.05) is 73.5 Å². The number of rotatable bonds is 10. The zero-order chi connectivity index (χ0) is 66.3. The highest BCUT2D eigenvalue weighted by Crippen LogP contribution is 2.50. The maximum absolute atomic E-state index is 14.7. The van der Waals surface area contributed by atoms with Crippen LogP contribution in [0.2, 0.25) is 10.0 Å². The van der Waals surface area contributed by atoms with Crippen molar-refractivity contribution in [3.8, 4) is 11.5 Å². The lowest BCUT2D eigenvalue weighted by Crippen LogP contribution is -2.49. The molecule has 1 aromatic heterocycles. The summed E-state index contributed by atoms with van der Waals surface area (Å²) in [4.78, 5) is 32.4. The summed E-state index contributed by atoms with van der Waals surface area (Å²) in [5.41, 5.74) is 8.52. The van der Waals surface area contributed by atoms with Crippen LogP contribution in [0.25, 0.3) is 0 Å². The number of allylic oxidation sites excluding steroid dienone is 2. The van der Waals surface area contributed by atoms with Gasteiger partial charge in [0.25, 0.3) is 11.8 Å². The number of hydrogen-bond donors (Lipinski definition) is 1. The van der Waals surface area contributed by atoms with Crippen LogP contribution in [0.3, 0.4) is 0 Å². The maximum Gasteiger partial charge on any atom is 0.286 e. The molecule has 2 N–H and O–H groups in total. The summed E-state index contributed by atoms with van der Waals surface area (Å²) in [6.07, 6.45) is 30.8. The van der Waals surface area contributed by atoms with Gasteiger partial charge in [-0.05, 0) is 252 Å². The molecule has 4 aliphatic heterocycles. The second-order valence-electron chi connectivity index (χ2n) is 30.3. The highest BCUT2D eigenvalue weighted by molar-refractivity contribution is 7.93. The molecule has 12 atom stereocenters. The standard InChI is InChI=1S/C42H53ClN4O4S.C35H44ClN3O4S/c1-3-47-23-31(22-44-47)17-19-52(49)26-29(2)6-4-8-39(50-25-30-9-10-30)36-14-11-34(36)24-46-27-42(18-5-7-32-20-35(43)13-15-37(32)42)28-51-40-16-12-33(21-38(40)46)41(48)45-52;1-23-4-2-6-32(42-19-24-7-8-24)29-12-9-27(29)18-39-21-35(15-3-5-25-16-28(36)11-13-30(25)35)22-43-33-14-10-26(17-31(33)39)34(40)38-44(37,41)20-23/h4,8,12-13,15-16,20-23,29-30,34,36,39H,3,5-7,9-11,14,17-19,24-28H2,1-2H3;2,6,10-11,13-14,16-17,23-24,27,29,32H,3-5,7-9,12,15,18-22H2,1H3,(H2,37,38,40,41)/b8-4+;6-2+/t29-,34-,36+,39-,42-,52-;23-,27-,29+,32-,35-,44?/m00/s1. The van der Waals surface area contributed by atoms with Crippen molar-refractivity contribution in [1.82, 2.24) is 9.78 Å². The summed E-state index contributed by atoms with van der Waals surface area (Å²) < 4.78 is 65.2. The van der Waals surface area contributed by atoms with Gasteiger partial charge >= 0.3 is 0 Å². The smallest absolute Gasteiger partial charge is 0.286 e. The van der Waals surface area contributed by atoms with Crippen molar-refractivity contribution in [3.05, 3.63) is 158 Å². The minimum Gasteiger partial charge on any atom is -0.490 e. The SMILES string of the molecule is CCn1cc(CC[S@@]2(=O)=NC(=O)c3ccc4c(c3)N(C[C@@H]3CC[C@H]3[C@@H](OCC3CC3)/C=C/C[C@H](C)C2)C[C@@]2(CCCc3cc(Cl)ccc32)CO4)cn1.C[C@H]1C/C=C/[C@H](OCC2CC2)[C@@H]2CC[C@H]2CN2C[C@@]3(CCCc4cc(Cl)ccc43)COc3ccc(cc32)C(=O)N=S(N)(=O)C1. The Morgan fingerprint density at radius 2 is 1.16 bits per heavy atom. The van der Waals surface area contributed by atoms with Gasteiger partial charge in [0, 0.05) is 88.2 Å². The Labute approximate surface area is 579 Å². The number of aryl methyl sites for hydroxylation is 4. The molecule has 6 aliphatic carbocycles. The highest BCUT2D eigenvalue weighted by atomic mass is 35.5. The van der Waals surface area contributed by atoms with E-state index in [9.17, 15) is 18.0 Å². The lowest BCUT2D eigenvalue weighted by atomic mass is 9.68. The first-order chi connectivity index (χ1) is 46.4. The minimum atomic E-state index is -3.19. The number of ether oxygens (including phenoxy) is 4. The second kappa shape index (κ2) is 28.6. The summed E-state index contributed by atoms with van der Waals surface area (Å²) in [6, 6.07) is 23.9. The van der Waals surface area contributed by atoms with E-state index in [1.165, 1.54) is 47.9 Å². The van der Waals surface area contributed by atoms with E-state index in [-0.39, 0.29) is 40.6 Å². The molecule has 15 rings (SSSR count). The Morgan fingerprint density at radius 3 is 1.64 bits per heavy atom. The Bertz CT molecular complexity index is 4040. The van der Waals surface area contributed by atoms with Crippen LogP contribution in [0, 0.1) is 47.3 Å². The molecule has 0 saturated heterocycles. The van der Waals surface area contributed by atoms with E-state index >= 15 is 0 Å². The highest BCUT2D eigenvalue weighted by Gasteiger charge is 2.47. The number of hydrogen-bond acceptors (Lipinski definition) is 11. The third kappa shape index (κ3) is 15.4. The fourth-order valence-corrected chi connectivity index (χ4v) is 20.9. The summed E-state index contributed by atoms with van der Waals surface area (Å²) in [5, 5.41) is 12.1. The number of nitrogens with two attached hydrogens (primary N) is 1. The number of carbonyl (C=O) groups is 2. The molecule has 19 heteroatoms. The van der Waals surface area contributed by atoms with Crippen LogP contribution >= 0.6 is 23.2 Å². The number of aromatic nitrogens is 2. The Balaban J connectivity index is 0.000000167. The van der Waals surface area contributed by atoms with Crippen molar-refractivity contribution in [2.75, 3.05) is 79.7 Å². The van der Waals surface area contributed by atoms with Gasteiger partial charge in [-0.3, -0.25) is 14.3 Å². The normalized spacial score (nSPS) is 32.6. The third-order valence-corrected chi connectivity index (χ3v) is 27.1. The molecular weight excluding hydrogens is 1290 g/mol. The number of carbonyl (C=O) groups excluding carboxylic acids is 2. The molecule has 15 nitrogen and oxygen atoms in total. The largest absolute Gasteiger partial charge is 0.490 e. The maximum atomic E-state index is 14.7. The molecule has 4 saturated carbocycles. The van der Waals surface area contributed by atoms with Gasteiger partial charge < -0.3 is 28.7 Å². The van der Waals surface area contributed by atoms with Gasteiger partial charge in [-0.25, -0.2) is 13.6 Å². The van der Waals surface area contributed by atoms with Crippen LogP contribution in [0.4, 0.5) is 11.4 Å². The fraction of sp³-hybridized carbons (Fsp3) is 0.571. The molecule has 514 valence electrons. The topological polar surface area (TPSA) is 180 Å². The molecule has 4 aromatic carbocycles. The van der Waals surface area contributed by atoms with Crippen molar-refractivity contribution in [2.24, 2.45) is 61.2 Å². The zero-order valence-electron chi connectivity index (χ0n) is 56.3. The van der Waals surface area contributed by atoms with E-state index in [0.29, 0.717) is 84.2 Å². The molecule has 1 unspecified atom stereocenters. The zero-order valence-corrected chi connectivity index (χ0v) is 59.4. The molecular formula is C77H97Cl2N7O8S2. The van der Waals surface area contributed by atoms with Gasteiger partial charge in [0.1, 0.15) is 21.4 Å². The van der Waals surface area contributed by atoms with E-state index in [1.54, 1.807) is 6.07 Å². The van der Waals surface area contributed by atoms with E-state index < -0.39 is 31.5 Å². The Kier molecular flexibility index (Phi) is 20.2. The van der Waals surface area contributed by atoms with Crippen LogP contribution in [-0.2, 0) is 65.8 Å². The fourth-order valence-electron chi connectivity index (χ4n) is 16.7. The molecule has 4 fully saturated rings. The molecule has 10 aliphatic rings. The molecule has 96 heavy (non-hydrogen) atoms. The van der Waals surface area contributed by atoms with Gasteiger partial charge in [-0.15, -0.1) is 4.36 Å². The van der Waals surface area contributed by atoms with Crippen molar-refractivity contribution < 1.29 is 37.0 Å². The number of amides is 2. The van der Waals surface area contributed by atoms with Crippen molar-refractivity contribution in [3.63, 3.8) is 0 Å². The number of anilines is 2. The van der Waals surface area contributed by atoms with Gasteiger partial charge in [0.05, 0.1) is 65.9 Å². The summed E-state index contributed by atoms with van der Waals surface area (Å²) in [6.45, 7) is 13.0. The van der Waals surface area contributed by atoms with Crippen LogP contribution in [0.1, 0.15) is 159 Å². The molecule has 0 radical (unpaired) electrons. The van der Waals surface area contributed by atoms with Gasteiger partial charge in [0.2, 0.25) is 0 Å². The average Bonchev–Trinajstić information content (AvgIpc) is 1.19. The quantitative estimate of drug-likeness (QED) is 0.131. The number of fused-ring (bicyclic) bond motifs is 8. The van der Waals surface area contributed by atoms with Crippen molar-refractivity contribution in [2.45, 2.75) is 160 Å². The molecule has 5 heterocycles. The van der Waals surface area contributed by atoms with E-state index in [1.807, 2.05) is 73.4 Å². The summed E-state index contributed by atoms with van der Waals surface area (Å²) in [7, 11) is -6.07. The summed E-state index contributed by atoms with van der Waals surface area (Å²) >= 11 is 12.9. The molecule has 4 bridgehead atoms. The lowest BCUT2D eigenvalue weighted by molar-refractivity contribution is -0.0182. The summed E-state index contributed by atoms with van der Waals surface area (Å²) in [5.74, 6) is 4.67.